The van der Waals surface area contributed by atoms with Crippen LogP contribution >= 0.6 is 11.6 Å². The minimum atomic E-state index is -0.611. The van der Waals surface area contributed by atoms with Gasteiger partial charge in [0.1, 0.15) is 5.75 Å². The van der Waals surface area contributed by atoms with E-state index in [1.165, 1.54) is 0 Å². The van der Waals surface area contributed by atoms with Crippen molar-refractivity contribution in [2.24, 2.45) is 11.7 Å². The van der Waals surface area contributed by atoms with Crippen LogP contribution in [-0.4, -0.2) is 50.6 Å². The molecule has 7 nitrogen and oxygen atoms in total. The molecule has 0 spiro atoms. The van der Waals surface area contributed by atoms with Gasteiger partial charge in [-0.25, -0.2) is 0 Å². The average molecular weight is 383 g/mol. The van der Waals surface area contributed by atoms with E-state index in [4.69, 9.17) is 22.1 Å². The lowest BCUT2D eigenvalue weighted by atomic mass is 10.1. The summed E-state index contributed by atoms with van der Waals surface area (Å²) in [7, 11) is 1.62. The zero-order valence-corrected chi connectivity index (χ0v) is 16.2. The smallest absolute Gasteiger partial charge is 0.239 e. The van der Waals surface area contributed by atoms with Gasteiger partial charge in [-0.05, 0) is 30.5 Å². The number of nitrogens with two attached hydrogens (primary N) is 1. The first-order valence-corrected chi connectivity index (χ1v) is 9.10. The second-order valence-electron chi connectivity index (χ2n) is 6.80. The lowest BCUT2D eigenvalue weighted by molar-refractivity contribution is -0.127. The Morgan fingerprint density at radius 2 is 2.15 bits per heavy atom. The van der Waals surface area contributed by atoms with E-state index >= 15 is 0 Å². The number of rotatable bonds is 7. The molecule has 1 aliphatic heterocycles. The summed E-state index contributed by atoms with van der Waals surface area (Å²) in [5, 5.41) is 6.16. The van der Waals surface area contributed by atoms with Gasteiger partial charge in [-0.3, -0.25) is 9.59 Å². The highest BCUT2D eigenvalue weighted by Crippen LogP contribution is 2.33. The molecule has 0 radical (unpaired) electrons. The minimum absolute atomic E-state index is 0.00172. The second-order valence-corrected chi connectivity index (χ2v) is 7.24. The van der Waals surface area contributed by atoms with Crippen LogP contribution in [0.1, 0.15) is 20.3 Å². The predicted molar refractivity (Wildman–Crippen MR) is 103 cm³/mol. The molecule has 1 fully saturated rings. The maximum atomic E-state index is 12.1. The van der Waals surface area contributed by atoms with Crippen molar-refractivity contribution >= 4 is 29.1 Å². The molecule has 144 valence electrons. The minimum Gasteiger partial charge on any atom is -0.495 e. The van der Waals surface area contributed by atoms with Gasteiger partial charge in [0.2, 0.25) is 11.8 Å². The van der Waals surface area contributed by atoms with Crippen molar-refractivity contribution < 1.29 is 14.3 Å². The van der Waals surface area contributed by atoms with Crippen molar-refractivity contribution in [2.75, 3.05) is 31.6 Å². The molecule has 2 atom stereocenters. The number of ether oxygens (including phenoxy) is 1. The highest BCUT2D eigenvalue weighted by atomic mass is 35.5. The number of benzene rings is 1. The van der Waals surface area contributed by atoms with Crippen LogP contribution in [0.4, 0.5) is 5.69 Å². The standard InChI is InChI=1S/C18H27ClN4O3/c1-11(2)17(20)18(25)21-9-16(24)22-13-6-7-23(10-13)14-8-12(19)4-5-15(14)26-3/h4-5,8,11,13,17H,6-7,9-10,20H2,1-3H3,(H,21,25)(H,22,24)/t13?,17-/m0/s1. The number of methoxy groups -OCH3 is 1. The third kappa shape index (κ3) is 5.25. The summed E-state index contributed by atoms with van der Waals surface area (Å²) < 4.78 is 5.39. The van der Waals surface area contributed by atoms with Gasteiger partial charge in [0.05, 0.1) is 25.4 Å². The van der Waals surface area contributed by atoms with Crippen molar-refractivity contribution in [3.05, 3.63) is 23.2 Å². The Labute approximate surface area is 159 Å². The Bertz CT molecular complexity index is 653. The number of nitrogens with zero attached hydrogens (tertiary/aromatic N) is 1. The number of hydrogen-bond donors (Lipinski definition) is 3. The quantitative estimate of drug-likeness (QED) is 0.657. The fourth-order valence-electron chi connectivity index (χ4n) is 2.87. The van der Waals surface area contributed by atoms with E-state index in [9.17, 15) is 9.59 Å². The van der Waals surface area contributed by atoms with Gasteiger partial charge in [0.25, 0.3) is 0 Å². The summed E-state index contributed by atoms with van der Waals surface area (Å²) >= 11 is 6.09. The zero-order valence-electron chi connectivity index (χ0n) is 15.4. The summed E-state index contributed by atoms with van der Waals surface area (Å²) in [5.41, 5.74) is 6.67. The van der Waals surface area contributed by atoms with E-state index in [1.807, 2.05) is 26.0 Å². The van der Waals surface area contributed by atoms with Crippen LogP contribution in [0.5, 0.6) is 5.75 Å². The molecule has 26 heavy (non-hydrogen) atoms. The maximum Gasteiger partial charge on any atom is 0.239 e. The molecule has 1 aromatic carbocycles. The molecule has 0 saturated carbocycles. The fourth-order valence-corrected chi connectivity index (χ4v) is 3.04. The molecular formula is C18H27ClN4O3. The molecule has 1 aromatic rings. The third-order valence-electron chi connectivity index (χ3n) is 4.48. The lowest BCUT2D eigenvalue weighted by Crippen LogP contribution is -2.48. The van der Waals surface area contributed by atoms with Crippen LogP contribution in [0.3, 0.4) is 0 Å². The summed E-state index contributed by atoms with van der Waals surface area (Å²) in [4.78, 5) is 26.0. The third-order valence-corrected chi connectivity index (χ3v) is 4.71. The predicted octanol–water partition coefficient (Wildman–Crippen LogP) is 1.14. The summed E-state index contributed by atoms with van der Waals surface area (Å²) in [5.74, 6) is 0.233. The Morgan fingerprint density at radius 3 is 2.81 bits per heavy atom. The average Bonchev–Trinajstić information content (AvgIpc) is 3.07. The van der Waals surface area contributed by atoms with Crippen molar-refractivity contribution in [3.63, 3.8) is 0 Å². The zero-order chi connectivity index (χ0) is 19.3. The monoisotopic (exact) mass is 382 g/mol. The van der Waals surface area contributed by atoms with Crippen LogP contribution < -0.4 is 26.0 Å². The molecule has 1 saturated heterocycles. The van der Waals surface area contributed by atoms with Gasteiger partial charge in [-0.15, -0.1) is 0 Å². The van der Waals surface area contributed by atoms with Gasteiger partial charge in [-0.1, -0.05) is 25.4 Å². The number of carbonyl (C=O) groups is 2. The van der Waals surface area contributed by atoms with Gasteiger partial charge in [0.15, 0.2) is 0 Å². The highest BCUT2D eigenvalue weighted by Gasteiger charge is 2.26. The molecule has 0 bridgehead atoms. The first-order chi connectivity index (χ1) is 12.3. The molecule has 8 heteroatoms. The van der Waals surface area contributed by atoms with Gasteiger partial charge < -0.3 is 26.0 Å². The topological polar surface area (TPSA) is 96.7 Å². The first kappa shape index (κ1) is 20.3. The Kier molecular flexibility index (Phi) is 7.11. The van der Waals surface area contributed by atoms with Crippen molar-refractivity contribution in [1.29, 1.82) is 0 Å². The molecular weight excluding hydrogens is 356 g/mol. The van der Waals surface area contributed by atoms with E-state index in [0.29, 0.717) is 11.6 Å². The highest BCUT2D eigenvalue weighted by molar-refractivity contribution is 6.30. The molecule has 4 N–H and O–H groups in total. The van der Waals surface area contributed by atoms with Crippen molar-refractivity contribution in [3.8, 4) is 5.75 Å². The molecule has 1 heterocycles. The van der Waals surface area contributed by atoms with Gasteiger partial charge >= 0.3 is 0 Å². The fraction of sp³-hybridized carbons (Fsp3) is 0.556. The second kappa shape index (κ2) is 9.09. The SMILES string of the molecule is COc1ccc(Cl)cc1N1CCC(NC(=O)CNC(=O)[C@@H](N)C(C)C)C1. The summed E-state index contributed by atoms with van der Waals surface area (Å²) in [6, 6.07) is 4.86. The van der Waals surface area contributed by atoms with E-state index < -0.39 is 6.04 Å². The van der Waals surface area contributed by atoms with Crippen molar-refractivity contribution in [2.45, 2.75) is 32.4 Å². The lowest BCUT2D eigenvalue weighted by Gasteiger charge is -2.22. The number of hydrogen-bond acceptors (Lipinski definition) is 5. The van der Waals surface area contributed by atoms with E-state index in [1.54, 1.807) is 13.2 Å². The van der Waals surface area contributed by atoms with Gasteiger partial charge in [-0.2, -0.15) is 0 Å². The first-order valence-electron chi connectivity index (χ1n) is 8.73. The summed E-state index contributed by atoms with van der Waals surface area (Å²) in [6.07, 6.45) is 0.806. The van der Waals surface area contributed by atoms with Crippen LogP contribution in [0.25, 0.3) is 0 Å². The van der Waals surface area contributed by atoms with E-state index in [0.717, 1.165) is 24.4 Å². The summed E-state index contributed by atoms with van der Waals surface area (Å²) in [6.45, 7) is 5.09. The Morgan fingerprint density at radius 1 is 1.42 bits per heavy atom. The molecule has 0 aliphatic carbocycles. The maximum absolute atomic E-state index is 12.1. The molecule has 2 rings (SSSR count). The van der Waals surface area contributed by atoms with Gasteiger partial charge in [0, 0.05) is 24.2 Å². The number of halogens is 1. The van der Waals surface area contributed by atoms with Crippen LogP contribution in [-0.2, 0) is 9.59 Å². The molecule has 0 aromatic heterocycles. The molecule has 2 amide bonds. The van der Waals surface area contributed by atoms with Crippen LogP contribution in [0.2, 0.25) is 5.02 Å². The Balaban J connectivity index is 1.85. The number of anilines is 1. The number of amides is 2. The van der Waals surface area contributed by atoms with Crippen LogP contribution in [0.15, 0.2) is 18.2 Å². The molecule has 1 unspecified atom stereocenters. The van der Waals surface area contributed by atoms with Crippen LogP contribution in [0, 0.1) is 5.92 Å². The number of nitrogens with one attached hydrogen (secondary N) is 2. The molecule has 1 aliphatic rings. The normalized spacial score (nSPS) is 17.9. The van der Waals surface area contributed by atoms with Crippen molar-refractivity contribution in [1.82, 2.24) is 10.6 Å². The van der Waals surface area contributed by atoms with E-state index in [-0.39, 0.29) is 30.3 Å². The largest absolute Gasteiger partial charge is 0.495 e. The number of carbonyl (C=O) groups excluding carboxylic acids is 2. The van der Waals surface area contributed by atoms with E-state index in [2.05, 4.69) is 15.5 Å². The Hall–Kier alpha value is -1.99.